The molecule has 4 aromatic rings. The number of H-pyrrole nitrogens is 1. The van der Waals surface area contributed by atoms with Gasteiger partial charge in [-0.1, -0.05) is 62.4 Å². The number of imidazole rings is 1. The monoisotopic (exact) mass is 394 g/mol. The van der Waals surface area contributed by atoms with Crippen molar-refractivity contribution in [2.24, 2.45) is 0 Å². The fourth-order valence-electron chi connectivity index (χ4n) is 4.28. The number of fused-ring (bicyclic) bond motifs is 3. The maximum Gasteiger partial charge on any atom is 0.361 e. The Hall–Kier alpha value is -3.33. The van der Waals surface area contributed by atoms with Crippen molar-refractivity contribution in [2.75, 3.05) is 5.32 Å². The van der Waals surface area contributed by atoms with Gasteiger partial charge in [0.1, 0.15) is 22.8 Å². The van der Waals surface area contributed by atoms with E-state index in [2.05, 4.69) is 115 Å². The number of aromatic nitrogens is 2. The molecule has 1 aliphatic rings. The van der Waals surface area contributed by atoms with E-state index >= 15 is 0 Å². The van der Waals surface area contributed by atoms with Crippen LogP contribution < -0.4 is 9.88 Å². The topological polar surface area (TPSA) is 31.7 Å². The van der Waals surface area contributed by atoms with Crippen molar-refractivity contribution in [2.45, 2.75) is 39.7 Å². The summed E-state index contributed by atoms with van der Waals surface area (Å²) in [5, 5.41) is 3.65. The van der Waals surface area contributed by atoms with E-state index in [1.54, 1.807) is 0 Å². The predicted molar refractivity (Wildman–Crippen MR) is 125 cm³/mol. The van der Waals surface area contributed by atoms with E-state index in [9.17, 15) is 0 Å². The summed E-state index contributed by atoms with van der Waals surface area (Å²) in [6.07, 6.45) is 2.35. The van der Waals surface area contributed by atoms with Crippen LogP contribution in [0.2, 0.25) is 0 Å². The molecule has 5 rings (SSSR count). The van der Waals surface area contributed by atoms with Crippen molar-refractivity contribution >= 4 is 22.7 Å². The van der Waals surface area contributed by atoms with Gasteiger partial charge in [0.25, 0.3) is 0 Å². The van der Waals surface area contributed by atoms with Crippen LogP contribution in [0.25, 0.3) is 16.7 Å². The highest BCUT2D eigenvalue weighted by Crippen LogP contribution is 2.31. The van der Waals surface area contributed by atoms with Gasteiger partial charge in [0.05, 0.1) is 0 Å². The third kappa shape index (κ3) is 3.11. The summed E-state index contributed by atoms with van der Waals surface area (Å²) in [5.74, 6) is 1.55. The Morgan fingerprint density at radius 1 is 0.867 bits per heavy atom. The fraction of sp³-hybridized carbons (Fsp3) is 0.222. The van der Waals surface area contributed by atoms with Gasteiger partial charge in [-0.2, -0.15) is 0 Å². The normalized spacial score (nSPS) is 15.8. The molecule has 3 aromatic carbocycles. The number of nitrogens with zero attached hydrogens (tertiary/aromatic N) is 1. The first-order valence-corrected chi connectivity index (χ1v) is 10.7. The number of benzene rings is 3. The first kappa shape index (κ1) is 18.7. The van der Waals surface area contributed by atoms with Crippen LogP contribution in [0.15, 0.2) is 72.8 Å². The van der Waals surface area contributed by atoms with Crippen molar-refractivity contribution in [3.8, 4) is 0 Å². The number of hydrogen-bond acceptors (Lipinski definition) is 1. The van der Waals surface area contributed by atoms with Gasteiger partial charge in [-0.3, -0.25) is 0 Å². The smallest absolute Gasteiger partial charge is 0.244 e. The predicted octanol–water partition coefficient (Wildman–Crippen LogP) is 6.25. The number of aryl methyl sites for hydroxylation is 2. The minimum Gasteiger partial charge on any atom is -0.244 e. The molecule has 0 spiro atoms. The Morgan fingerprint density at radius 2 is 1.63 bits per heavy atom. The van der Waals surface area contributed by atoms with Crippen LogP contribution >= 0.6 is 0 Å². The van der Waals surface area contributed by atoms with E-state index in [1.807, 2.05) is 0 Å². The Bertz CT molecular complexity index is 1260. The van der Waals surface area contributed by atoms with Gasteiger partial charge in [0.2, 0.25) is 0 Å². The standard InChI is InChI=1S/C27H27N3/c1-17(2)20-11-13-21(14-12-20)26-16-24(22-10-9-18(3)19(4)15-22)29-27-28-23-7-5-6-8-25(23)30(26)27/h5-17,26H,1-4H3,(H,28,29)/p+1. The molecule has 0 radical (unpaired) electrons. The van der Waals surface area contributed by atoms with E-state index in [4.69, 9.17) is 0 Å². The lowest BCUT2D eigenvalue weighted by Gasteiger charge is -2.22. The van der Waals surface area contributed by atoms with E-state index in [-0.39, 0.29) is 6.04 Å². The number of rotatable bonds is 3. The number of nitrogens with one attached hydrogen (secondary N) is 2. The van der Waals surface area contributed by atoms with Crippen molar-refractivity contribution in [1.82, 2.24) is 4.98 Å². The molecule has 0 amide bonds. The molecular formula is C27H28N3+. The van der Waals surface area contributed by atoms with Crippen molar-refractivity contribution in [3.05, 3.63) is 101 Å². The van der Waals surface area contributed by atoms with Crippen molar-refractivity contribution < 1.29 is 4.57 Å². The lowest BCUT2D eigenvalue weighted by molar-refractivity contribution is -0.664. The molecule has 3 nitrogen and oxygen atoms in total. The third-order valence-electron chi connectivity index (χ3n) is 6.28. The molecule has 0 aliphatic carbocycles. The van der Waals surface area contributed by atoms with Gasteiger partial charge in [-0.05, 0) is 66.3 Å². The fourth-order valence-corrected chi connectivity index (χ4v) is 4.28. The summed E-state index contributed by atoms with van der Waals surface area (Å²) in [7, 11) is 0. The van der Waals surface area contributed by atoms with Crippen LogP contribution in [0.5, 0.6) is 0 Å². The number of aromatic amines is 1. The zero-order valence-corrected chi connectivity index (χ0v) is 18.0. The highest BCUT2D eigenvalue weighted by atomic mass is 15.2. The molecular weight excluding hydrogens is 366 g/mol. The maximum absolute atomic E-state index is 3.65. The summed E-state index contributed by atoms with van der Waals surface area (Å²) in [5.41, 5.74) is 9.98. The molecule has 30 heavy (non-hydrogen) atoms. The molecule has 0 saturated heterocycles. The van der Waals surface area contributed by atoms with E-state index < -0.39 is 0 Å². The van der Waals surface area contributed by atoms with E-state index in [1.165, 1.54) is 33.3 Å². The SMILES string of the molecule is Cc1ccc(C2=CC(c3ccc(C(C)C)cc3)[n+]3c([nH]c4ccccc43)N2)cc1C. The molecule has 2 N–H and O–H groups in total. The maximum atomic E-state index is 3.65. The van der Waals surface area contributed by atoms with Crippen LogP contribution in [0.1, 0.15) is 53.6 Å². The summed E-state index contributed by atoms with van der Waals surface area (Å²) >= 11 is 0. The molecule has 1 unspecified atom stereocenters. The summed E-state index contributed by atoms with van der Waals surface area (Å²) < 4.78 is 2.37. The van der Waals surface area contributed by atoms with Gasteiger partial charge in [-0.25, -0.2) is 14.9 Å². The van der Waals surface area contributed by atoms with Crippen molar-refractivity contribution in [3.63, 3.8) is 0 Å². The minimum atomic E-state index is 0.121. The highest BCUT2D eigenvalue weighted by molar-refractivity contribution is 5.80. The molecule has 2 heterocycles. The Kier molecular flexibility index (Phi) is 4.47. The second kappa shape index (κ2) is 7.17. The first-order valence-electron chi connectivity index (χ1n) is 10.7. The second-order valence-corrected chi connectivity index (χ2v) is 8.63. The lowest BCUT2D eigenvalue weighted by atomic mass is 9.96. The minimum absolute atomic E-state index is 0.121. The van der Waals surface area contributed by atoms with Crippen LogP contribution in [0.4, 0.5) is 5.95 Å². The molecule has 0 saturated carbocycles. The van der Waals surface area contributed by atoms with Gasteiger partial charge < -0.3 is 0 Å². The third-order valence-corrected chi connectivity index (χ3v) is 6.28. The first-order chi connectivity index (χ1) is 14.5. The molecule has 3 heteroatoms. The van der Waals surface area contributed by atoms with Gasteiger partial charge in [-0.15, -0.1) is 0 Å². The van der Waals surface area contributed by atoms with Gasteiger partial charge in [0.15, 0.2) is 0 Å². The average Bonchev–Trinajstić information content (AvgIpc) is 3.13. The quantitative estimate of drug-likeness (QED) is 0.395. The average molecular weight is 395 g/mol. The molecule has 1 atom stereocenters. The number of hydrogen-bond donors (Lipinski definition) is 2. The zero-order valence-electron chi connectivity index (χ0n) is 18.0. The van der Waals surface area contributed by atoms with E-state index in [0.717, 1.165) is 17.2 Å². The summed E-state index contributed by atoms with van der Waals surface area (Å²) in [6, 6.07) is 24.4. The number of allylic oxidation sites excluding steroid dienone is 1. The molecule has 0 bridgehead atoms. The Balaban J connectivity index is 1.68. The second-order valence-electron chi connectivity index (χ2n) is 8.63. The largest absolute Gasteiger partial charge is 0.361 e. The molecule has 0 fully saturated rings. The molecule has 150 valence electrons. The van der Waals surface area contributed by atoms with Crippen LogP contribution in [0.3, 0.4) is 0 Å². The highest BCUT2D eigenvalue weighted by Gasteiger charge is 2.31. The van der Waals surface area contributed by atoms with Crippen LogP contribution in [-0.4, -0.2) is 4.98 Å². The van der Waals surface area contributed by atoms with Crippen LogP contribution in [-0.2, 0) is 0 Å². The zero-order chi connectivity index (χ0) is 20.8. The van der Waals surface area contributed by atoms with Gasteiger partial charge >= 0.3 is 5.95 Å². The van der Waals surface area contributed by atoms with E-state index in [0.29, 0.717) is 5.92 Å². The number of anilines is 1. The summed E-state index contributed by atoms with van der Waals surface area (Å²) in [6.45, 7) is 8.81. The van der Waals surface area contributed by atoms with Crippen molar-refractivity contribution in [1.29, 1.82) is 0 Å². The Morgan fingerprint density at radius 3 is 2.37 bits per heavy atom. The lowest BCUT2D eigenvalue weighted by Crippen LogP contribution is -2.43. The molecule has 1 aliphatic heterocycles. The van der Waals surface area contributed by atoms with Gasteiger partial charge in [0, 0.05) is 5.56 Å². The Labute approximate surface area is 178 Å². The van der Waals surface area contributed by atoms with Crippen LogP contribution in [0, 0.1) is 13.8 Å². The number of para-hydroxylation sites is 2. The molecule has 1 aromatic heterocycles. The summed E-state index contributed by atoms with van der Waals surface area (Å²) in [4.78, 5) is 3.58.